The first-order chi connectivity index (χ1) is 12.5. The third-order valence-electron chi connectivity index (χ3n) is 5.31. The van der Waals surface area contributed by atoms with Crippen LogP contribution in [0.2, 0.25) is 0 Å². The number of carbonyl (C=O) groups is 2. The Morgan fingerprint density at radius 2 is 1.88 bits per heavy atom. The van der Waals surface area contributed by atoms with Crippen LogP contribution in [0, 0.1) is 27.2 Å². The fraction of sp³-hybridized carbons (Fsp3) is 0.421. The Hall–Kier alpha value is -1.90. The second-order valence-electron chi connectivity index (χ2n) is 6.70. The molecule has 26 heavy (non-hydrogen) atoms. The van der Waals surface area contributed by atoms with Crippen molar-refractivity contribution < 1.29 is 19.1 Å². The van der Waals surface area contributed by atoms with E-state index in [0.29, 0.717) is 18.1 Å². The lowest BCUT2D eigenvalue weighted by Gasteiger charge is -2.13. The van der Waals surface area contributed by atoms with E-state index in [1.807, 2.05) is 13.0 Å². The van der Waals surface area contributed by atoms with Crippen LogP contribution < -0.4 is 9.47 Å². The van der Waals surface area contributed by atoms with Gasteiger partial charge in [-0.1, -0.05) is 12.2 Å². The molecular formula is C19H19IN2O4. The highest BCUT2D eigenvalue weighted by Crippen LogP contribution is 2.52. The summed E-state index contributed by atoms with van der Waals surface area (Å²) in [6.45, 7) is 2.45. The zero-order valence-corrected chi connectivity index (χ0v) is 16.7. The summed E-state index contributed by atoms with van der Waals surface area (Å²) in [5.41, 5.74) is 0.744. The number of fused-ring (bicyclic) bond motifs is 5. The zero-order valence-electron chi connectivity index (χ0n) is 14.5. The van der Waals surface area contributed by atoms with Gasteiger partial charge in [0, 0.05) is 0 Å². The molecule has 2 amide bonds. The van der Waals surface area contributed by atoms with E-state index in [9.17, 15) is 9.59 Å². The third-order valence-corrected chi connectivity index (χ3v) is 6.11. The van der Waals surface area contributed by atoms with E-state index < -0.39 is 0 Å². The van der Waals surface area contributed by atoms with Gasteiger partial charge in [-0.3, -0.25) is 9.59 Å². The maximum Gasteiger partial charge on any atom is 0.254 e. The van der Waals surface area contributed by atoms with Gasteiger partial charge in [-0.05, 0) is 65.5 Å². The van der Waals surface area contributed by atoms with Crippen LogP contribution in [-0.2, 0) is 9.59 Å². The van der Waals surface area contributed by atoms with Gasteiger partial charge in [0.15, 0.2) is 11.5 Å². The summed E-state index contributed by atoms with van der Waals surface area (Å²) in [5.74, 6) is 0.827. The standard InChI is InChI=1S/C19H19IN2O4/c1-3-26-17-13(20)6-10(7-14(17)25-2)9-21-22-18(23)15-11-4-5-12(8-11)16(15)19(22)24/h4-7,9,11-12,15-16H,3,8H2,1-2H3/b21-9-/t11-,12-,15+,16+/m0/s1. The molecule has 2 bridgehead atoms. The highest BCUT2D eigenvalue weighted by molar-refractivity contribution is 14.1. The summed E-state index contributed by atoms with van der Waals surface area (Å²) >= 11 is 2.17. The van der Waals surface area contributed by atoms with Crippen molar-refractivity contribution in [2.24, 2.45) is 28.8 Å². The number of ether oxygens (including phenoxy) is 2. The quantitative estimate of drug-likeness (QED) is 0.290. The van der Waals surface area contributed by atoms with Gasteiger partial charge in [-0.25, -0.2) is 0 Å². The molecule has 136 valence electrons. The maximum absolute atomic E-state index is 12.6. The van der Waals surface area contributed by atoms with Crippen LogP contribution in [0.5, 0.6) is 11.5 Å². The first-order valence-corrected chi connectivity index (χ1v) is 9.73. The summed E-state index contributed by atoms with van der Waals surface area (Å²) in [5, 5.41) is 5.26. The number of halogens is 1. The monoisotopic (exact) mass is 466 g/mol. The number of rotatable bonds is 5. The molecule has 2 aliphatic carbocycles. The number of hydrogen-bond donors (Lipinski definition) is 0. The topological polar surface area (TPSA) is 68.2 Å². The van der Waals surface area contributed by atoms with E-state index in [4.69, 9.17) is 9.47 Å². The largest absolute Gasteiger partial charge is 0.493 e. The summed E-state index contributed by atoms with van der Waals surface area (Å²) in [7, 11) is 1.58. The number of allylic oxidation sites excluding steroid dienone is 2. The van der Waals surface area contributed by atoms with E-state index in [1.54, 1.807) is 13.2 Å². The van der Waals surface area contributed by atoms with Gasteiger partial charge in [0.1, 0.15) is 0 Å². The van der Waals surface area contributed by atoms with Crippen LogP contribution in [0.1, 0.15) is 18.9 Å². The molecule has 0 spiro atoms. The van der Waals surface area contributed by atoms with E-state index in [1.165, 1.54) is 6.21 Å². The van der Waals surface area contributed by atoms with E-state index in [2.05, 4.69) is 39.8 Å². The van der Waals surface area contributed by atoms with Gasteiger partial charge < -0.3 is 9.47 Å². The summed E-state index contributed by atoms with van der Waals surface area (Å²) < 4.78 is 11.9. The lowest BCUT2D eigenvalue weighted by molar-refractivity contribution is -0.140. The van der Waals surface area contributed by atoms with Crippen molar-refractivity contribution in [1.82, 2.24) is 5.01 Å². The van der Waals surface area contributed by atoms with Crippen molar-refractivity contribution >= 4 is 40.6 Å². The number of amides is 2. The van der Waals surface area contributed by atoms with Crippen molar-refractivity contribution in [2.45, 2.75) is 13.3 Å². The summed E-state index contributed by atoms with van der Waals surface area (Å²) in [6.07, 6.45) is 6.60. The maximum atomic E-state index is 12.6. The van der Waals surface area contributed by atoms with Gasteiger partial charge in [0.05, 0.1) is 35.3 Å². The van der Waals surface area contributed by atoms with Gasteiger partial charge >= 0.3 is 0 Å². The van der Waals surface area contributed by atoms with Crippen molar-refractivity contribution in [3.63, 3.8) is 0 Å². The van der Waals surface area contributed by atoms with Crippen LogP contribution in [0.15, 0.2) is 29.4 Å². The predicted octanol–water partition coefficient (Wildman–Crippen LogP) is 2.84. The molecule has 1 aromatic rings. The Kier molecular flexibility index (Phi) is 4.50. The summed E-state index contributed by atoms with van der Waals surface area (Å²) in [4.78, 5) is 25.3. The Balaban J connectivity index is 1.58. The minimum absolute atomic E-state index is 0.180. The molecule has 1 aliphatic heterocycles. The van der Waals surface area contributed by atoms with Gasteiger partial charge in [0.2, 0.25) is 0 Å². The normalized spacial score (nSPS) is 29.1. The van der Waals surface area contributed by atoms with Gasteiger partial charge in [-0.15, -0.1) is 0 Å². The minimum atomic E-state index is -0.232. The molecule has 0 N–H and O–H groups in total. The molecule has 1 saturated carbocycles. The highest BCUT2D eigenvalue weighted by atomic mass is 127. The predicted molar refractivity (Wildman–Crippen MR) is 104 cm³/mol. The average Bonchev–Trinajstić information content (AvgIpc) is 3.30. The second kappa shape index (κ2) is 6.68. The Morgan fingerprint density at radius 3 is 2.46 bits per heavy atom. The van der Waals surface area contributed by atoms with Crippen molar-refractivity contribution in [3.8, 4) is 11.5 Å². The van der Waals surface area contributed by atoms with Crippen LogP contribution in [0.25, 0.3) is 0 Å². The molecule has 0 unspecified atom stereocenters. The van der Waals surface area contributed by atoms with Crippen molar-refractivity contribution in [2.75, 3.05) is 13.7 Å². The van der Waals surface area contributed by atoms with Crippen molar-refractivity contribution in [3.05, 3.63) is 33.4 Å². The van der Waals surface area contributed by atoms with Crippen LogP contribution in [-0.4, -0.2) is 36.8 Å². The molecule has 0 aromatic heterocycles. The molecule has 6 nitrogen and oxygen atoms in total. The number of nitrogens with zero attached hydrogens (tertiary/aromatic N) is 2. The van der Waals surface area contributed by atoms with Gasteiger partial charge in [-0.2, -0.15) is 10.1 Å². The van der Waals surface area contributed by atoms with E-state index >= 15 is 0 Å². The molecule has 7 heteroatoms. The van der Waals surface area contributed by atoms with Crippen LogP contribution in [0.4, 0.5) is 0 Å². The van der Waals surface area contributed by atoms with Crippen LogP contribution in [0.3, 0.4) is 0 Å². The molecule has 1 saturated heterocycles. The average molecular weight is 466 g/mol. The second-order valence-corrected chi connectivity index (χ2v) is 7.86. The Labute approximate surface area is 165 Å². The number of methoxy groups -OCH3 is 1. The van der Waals surface area contributed by atoms with E-state index in [0.717, 1.165) is 20.6 Å². The number of imide groups is 1. The van der Waals surface area contributed by atoms with Crippen LogP contribution >= 0.6 is 22.6 Å². The summed E-state index contributed by atoms with van der Waals surface area (Å²) in [6, 6.07) is 3.67. The fourth-order valence-corrected chi connectivity index (χ4v) is 5.00. The third kappa shape index (κ3) is 2.64. The molecule has 1 aromatic carbocycles. The SMILES string of the molecule is CCOc1c(I)cc(/C=N\N2C(=O)[C@H]3[C@H](C2=O)[C@H]2C=C[C@H]3C2)cc1OC. The smallest absolute Gasteiger partial charge is 0.254 e. The molecule has 2 fully saturated rings. The minimum Gasteiger partial charge on any atom is -0.493 e. The molecule has 1 heterocycles. The first kappa shape index (κ1) is 17.5. The van der Waals surface area contributed by atoms with Crippen molar-refractivity contribution in [1.29, 1.82) is 0 Å². The number of carbonyl (C=O) groups excluding carboxylic acids is 2. The molecule has 4 atom stereocenters. The Bertz CT molecular complexity index is 805. The number of hydrogen-bond acceptors (Lipinski definition) is 5. The highest BCUT2D eigenvalue weighted by Gasteiger charge is 2.59. The lowest BCUT2D eigenvalue weighted by Crippen LogP contribution is -2.28. The van der Waals surface area contributed by atoms with Gasteiger partial charge in [0.25, 0.3) is 11.8 Å². The van der Waals surface area contributed by atoms with E-state index in [-0.39, 0.29) is 35.5 Å². The number of benzene rings is 1. The zero-order chi connectivity index (χ0) is 18.4. The Morgan fingerprint density at radius 1 is 1.23 bits per heavy atom. The number of hydrazone groups is 1. The lowest BCUT2D eigenvalue weighted by atomic mass is 9.85. The molecular weight excluding hydrogens is 447 g/mol. The molecule has 3 aliphatic rings. The first-order valence-electron chi connectivity index (χ1n) is 8.65. The molecule has 0 radical (unpaired) electrons. The molecule has 4 rings (SSSR count). The fourth-order valence-electron chi connectivity index (χ4n) is 4.22.